The number of hydrogen-bond acceptors (Lipinski definition) is 3. The maximum atomic E-state index is 10.6. The lowest BCUT2D eigenvalue weighted by molar-refractivity contribution is 0.0674. The van der Waals surface area contributed by atoms with Crippen LogP contribution in [0.4, 0.5) is 0 Å². The van der Waals surface area contributed by atoms with Crippen molar-refractivity contribution in [3.8, 4) is 0 Å². The molecule has 0 saturated carbocycles. The van der Waals surface area contributed by atoms with Crippen molar-refractivity contribution >= 4 is 0 Å². The SMILES string of the molecule is C=C(C)/C=C/C=C(C)/C=C/C(N=O)C(C)(C)O. The second kappa shape index (κ2) is 6.97. The van der Waals surface area contributed by atoms with E-state index in [1.807, 2.05) is 32.1 Å². The third-order valence-electron chi connectivity index (χ3n) is 2.12. The molecule has 94 valence electrons. The van der Waals surface area contributed by atoms with Gasteiger partial charge in [-0.1, -0.05) is 53.3 Å². The van der Waals surface area contributed by atoms with Crippen LogP contribution in [0, 0.1) is 4.91 Å². The van der Waals surface area contributed by atoms with Crippen molar-refractivity contribution in [2.24, 2.45) is 5.18 Å². The first-order valence-corrected chi connectivity index (χ1v) is 5.51. The largest absolute Gasteiger partial charge is 0.388 e. The summed E-state index contributed by atoms with van der Waals surface area (Å²) in [6.45, 7) is 10.7. The number of nitrogens with zero attached hydrogens (tertiary/aromatic N) is 1. The molecule has 17 heavy (non-hydrogen) atoms. The van der Waals surface area contributed by atoms with Crippen molar-refractivity contribution in [3.05, 3.63) is 53.0 Å². The molecule has 1 atom stereocenters. The van der Waals surface area contributed by atoms with Crippen molar-refractivity contribution in [3.63, 3.8) is 0 Å². The number of rotatable bonds is 6. The molecule has 0 spiro atoms. The van der Waals surface area contributed by atoms with E-state index in [1.165, 1.54) is 0 Å². The van der Waals surface area contributed by atoms with Gasteiger partial charge in [-0.05, 0) is 27.7 Å². The Hall–Kier alpha value is -1.48. The van der Waals surface area contributed by atoms with Crippen molar-refractivity contribution < 1.29 is 5.11 Å². The van der Waals surface area contributed by atoms with E-state index in [1.54, 1.807) is 26.0 Å². The van der Waals surface area contributed by atoms with E-state index in [0.717, 1.165) is 11.1 Å². The summed E-state index contributed by atoms with van der Waals surface area (Å²) in [6.07, 6.45) is 9.05. The summed E-state index contributed by atoms with van der Waals surface area (Å²) in [7, 11) is 0. The van der Waals surface area contributed by atoms with E-state index < -0.39 is 11.6 Å². The summed E-state index contributed by atoms with van der Waals surface area (Å²) in [5, 5.41) is 12.5. The summed E-state index contributed by atoms with van der Waals surface area (Å²) < 4.78 is 0. The van der Waals surface area contributed by atoms with E-state index in [9.17, 15) is 10.0 Å². The molecule has 0 aromatic heterocycles. The van der Waals surface area contributed by atoms with Gasteiger partial charge in [-0.25, -0.2) is 0 Å². The molecule has 0 radical (unpaired) electrons. The Bertz CT molecular complexity index is 357. The summed E-state index contributed by atoms with van der Waals surface area (Å²) in [5.74, 6) is 0. The molecular weight excluding hydrogens is 214 g/mol. The molecule has 3 nitrogen and oxygen atoms in total. The van der Waals surface area contributed by atoms with Crippen LogP contribution in [0.15, 0.2) is 53.3 Å². The maximum Gasteiger partial charge on any atom is 0.138 e. The fourth-order valence-corrected chi connectivity index (χ4v) is 1.06. The first kappa shape index (κ1) is 15.5. The highest BCUT2D eigenvalue weighted by Crippen LogP contribution is 2.14. The fraction of sp³-hybridized carbons (Fsp3) is 0.429. The van der Waals surface area contributed by atoms with Gasteiger partial charge in [0, 0.05) is 0 Å². The Labute approximate surface area is 103 Å². The number of nitroso groups, excluding NO2 is 1. The molecule has 3 heteroatoms. The van der Waals surface area contributed by atoms with Gasteiger partial charge < -0.3 is 5.11 Å². The topological polar surface area (TPSA) is 49.7 Å². The summed E-state index contributed by atoms with van der Waals surface area (Å²) in [5.41, 5.74) is 0.814. The van der Waals surface area contributed by atoms with Gasteiger partial charge in [0.1, 0.15) is 6.04 Å². The minimum atomic E-state index is -1.13. The highest BCUT2D eigenvalue weighted by Gasteiger charge is 2.24. The number of aliphatic hydroxyl groups is 1. The lowest BCUT2D eigenvalue weighted by atomic mass is 9.99. The van der Waals surface area contributed by atoms with Crippen LogP contribution >= 0.6 is 0 Å². The highest BCUT2D eigenvalue weighted by atomic mass is 16.3. The summed E-state index contributed by atoms with van der Waals surface area (Å²) in [6, 6.07) is -0.740. The highest BCUT2D eigenvalue weighted by molar-refractivity contribution is 5.26. The van der Waals surface area contributed by atoms with Crippen LogP contribution < -0.4 is 0 Å². The third-order valence-corrected chi connectivity index (χ3v) is 2.12. The van der Waals surface area contributed by atoms with Gasteiger partial charge in [0.2, 0.25) is 0 Å². The zero-order valence-corrected chi connectivity index (χ0v) is 11.0. The smallest absolute Gasteiger partial charge is 0.138 e. The Morgan fingerprint density at radius 2 is 1.94 bits per heavy atom. The average molecular weight is 235 g/mol. The van der Waals surface area contributed by atoms with Gasteiger partial charge in [0.15, 0.2) is 0 Å². The predicted octanol–water partition coefficient (Wildman–Crippen LogP) is 3.53. The van der Waals surface area contributed by atoms with Crippen molar-refractivity contribution in [2.45, 2.75) is 39.3 Å². The van der Waals surface area contributed by atoms with Gasteiger partial charge in [-0.15, -0.1) is 0 Å². The molecule has 1 unspecified atom stereocenters. The van der Waals surface area contributed by atoms with Gasteiger partial charge >= 0.3 is 0 Å². The lowest BCUT2D eigenvalue weighted by Crippen LogP contribution is -2.32. The minimum absolute atomic E-state index is 0.740. The minimum Gasteiger partial charge on any atom is -0.388 e. The van der Waals surface area contributed by atoms with Crippen LogP contribution in [0.1, 0.15) is 27.7 Å². The molecule has 0 saturated heterocycles. The van der Waals surface area contributed by atoms with Crippen LogP contribution in [0.3, 0.4) is 0 Å². The van der Waals surface area contributed by atoms with Gasteiger partial charge in [-0.3, -0.25) is 0 Å². The molecular formula is C14H21NO2. The summed E-state index contributed by atoms with van der Waals surface area (Å²) >= 11 is 0. The Morgan fingerprint density at radius 1 is 1.35 bits per heavy atom. The maximum absolute atomic E-state index is 10.6. The molecule has 1 N–H and O–H groups in total. The molecule has 0 aliphatic carbocycles. The van der Waals surface area contributed by atoms with Crippen molar-refractivity contribution in [2.75, 3.05) is 0 Å². The Morgan fingerprint density at radius 3 is 2.35 bits per heavy atom. The Balaban J connectivity index is 4.61. The first-order valence-electron chi connectivity index (χ1n) is 5.51. The van der Waals surface area contributed by atoms with Crippen molar-refractivity contribution in [1.29, 1.82) is 0 Å². The van der Waals surface area contributed by atoms with Crippen molar-refractivity contribution in [1.82, 2.24) is 0 Å². The molecule has 0 bridgehead atoms. The van der Waals surface area contributed by atoms with Gasteiger partial charge in [0.05, 0.1) is 5.60 Å². The Kier molecular flexibility index (Phi) is 6.36. The normalized spacial score (nSPS) is 15.5. The second-order valence-corrected chi connectivity index (χ2v) is 4.68. The quantitative estimate of drug-likeness (QED) is 0.565. The lowest BCUT2D eigenvalue weighted by Gasteiger charge is -2.19. The number of hydrogen-bond donors (Lipinski definition) is 1. The molecule has 0 rings (SSSR count). The van der Waals surface area contributed by atoms with E-state index in [-0.39, 0.29) is 0 Å². The molecule has 0 aromatic rings. The first-order chi connectivity index (χ1) is 7.77. The van der Waals surface area contributed by atoms with E-state index in [2.05, 4.69) is 11.8 Å². The zero-order valence-electron chi connectivity index (χ0n) is 11.0. The molecule has 0 aliphatic rings. The fourth-order valence-electron chi connectivity index (χ4n) is 1.06. The van der Waals surface area contributed by atoms with Gasteiger partial charge in [-0.2, -0.15) is 4.91 Å². The standard InChI is InChI=1S/C14H21NO2/c1-11(2)7-6-8-12(3)9-10-13(15-17)14(4,5)16/h6-10,13,16H,1H2,2-5H3/b7-6+,10-9+,12-8+. The molecule has 0 amide bonds. The van der Waals surface area contributed by atoms with Gasteiger partial charge in [0.25, 0.3) is 0 Å². The predicted molar refractivity (Wildman–Crippen MR) is 72.7 cm³/mol. The number of allylic oxidation sites excluding steroid dienone is 6. The van der Waals surface area contributed by atoms with Crippen LogP contribution in [-0.4, -0.2) is 16.7 Å². The molecule has 0 aliphatic heterocycles. The molecule has 0 heterocycles. The third kappa shape index (κ3) is 7.41. The van der Waals surface area contributed by atoms with Crippen LogP contribution in [-0.2, 0) is 0 Å². The second-order valence-electron chi connectivity index (χ2n) is 4.68. The zero-order chi connectivity index (χ0) is 13.5. The summed E-state index contributed by atoms with van der Waals surface area (Å²) in [4.78, 5) is 10.6. The average Bonchev–Trinajstić information content (AvgIpc) is 2.15. The molecule has 0 fully saturated rings. The molecule has 0 aromatic carbocycles. The monoisotopic (exact) mass is 235 g/mol. The van der Waals surface area contributed by atoms with Crippen LogP contribution in [0.5, 0.6) is 0 Å². The van der Waals surface area contributed by atoms with Crippen LogP contribution in [0.2, 0.25) is 0 Å². The van der Waals surface area contributed by atoms with E-state index in [0.29, 0.717) is 0 Å². The van der Waals surface area contributed by atoms with E-state index in [4.69, 9.17) is 0 Å². The van der Waals surface area contributed by atoms with Crippen LogP contribution in [0.25, 0.3) is 0 Å². The van der Waals surface area contributed by atoms with E-state index >= 15 is 0 Å².